The Labute approximate surface area is 172 Å². The standard InChI is InChI=1S/C20H21BrN2O5/c1-3-15-16(21)10-17(20(19(15)26-2)27-9-8-24)28-18(25)12-23-14-6-4-13(11-22)5-7-14/h4-7,10,23-24H,3,8-9,12H2,1-2H3. The SMILES string of the molecule is CCc1c(Br)cc(OC(=O)CNc2ccc(C#N)cc2)c(OCCO)c1OC. The van der Waals surface area contributed by atoms with Gasteiger partial charge in [-0.25, -0.2) is 4.79 Å². The van der Waals surface area contributed by atoms with Gasteiger partial charge in [0.15, 0.2) is 11.5 Å². The number of halogens is 1. The molecule has 2 aromatic rings. The summed E-state index contributed by atoms with van der Waals surface area (Å²) < 4.78 is 17.2. The molecule has 0 aromatic heterocycles. The number of esters is 1. The summed E-state index contributed by atoms with van der Waals surface area (Å²) in [5, 5.41) is 20.8. The summed E-state index contributed by atoms with van der Waals surface area (Å²) in [4.78, 5) is 12.3. The van der Waals surface area contributed by atoms with Crippen LogP contribution < -0.4 is 19.5 Å². The Morgan fingerprint density at radius 1 is 1.29 bits per heavy atom. The number of carbonyl (C=O) groups is 1. The maximum atomic E-state index is 12.3. The summed E-state index contributed by atoms with van der Waals surface area (Å²) in [5.41, 5.74) is 2.09. The third-order valence-electron chi connectivity index (χ3n) is 3.82. The van der Waals surface area contributed by atoms with E-state index in [0.717, 1.165) is 10.0 Å². The number of nitrogens with zero attached hydrogens (tertiary/aromatic N) is 1. The van der Waals surface area contributed by atoms with E-state index in [1.807, 2.05) is 13.0 Å². The van der Waals surface area contributed by atoms with Crippen molar-refractivity contribution in [1.29, 1.82) is 5.26 Å². The Morgan fingerprint density at radius 2 is 2.00 bits per heavy atom. The van der Waals surface area contributed by atoms with Crippen molar-refractivity contribution in [3.05, 3.63) is 45.9 Å². The van der Waals surface area contributed by atoms with Crippen LogP contribution in [0.3, 0.4) is 0 Å². The number of rotatable bonds is 9. The molecule has 0 radical (unpaired) electrons. The number of hydrogen-bond acceptors (Lipinski definition) is 7. The van der Waals surface area contributed by atoms with E-state index in [1.54, 1.807) is 30.3 Å². The zero-order chi connectivity index (χ0) is 20.5. The Balaban J connectivity index is 2.17. The molecule has 0 aliphatic heterocycles. The summed E-state index contributed by atoms with van der Waals surface area (Å²) in [6.45, 7) is 1.73. The molecule has 0 fully saturated rings. The van der Waals surface area contributed by atoms with Crippen LogP contribution in [0.15, 0.2) is 34.8 Å². The minimum Gasteiger partial charge on any atom is -0.492 e. The fourth-order valence-electron chi connectivity index (χ4n) is 2.53. The van der Waals surface area contributed by atoms with Crippen molar-refractivity contribution in [2.75, 3.05) is 32.2 Å². The lowest BCUT2D eigenvalue weighted by molar-refractivity contribution is -0.132. The lowest BCUT2D eigenvalue weighted by Gasteiger charge is -2.18. The first-order valence-corrected chi connectivity index (χ1v) is 9.41. The molecule has 0 heterocycles. The van der Waals surface area contributed by atoms with Gasteiger partial charge in [0.1, 0.15) is 13.2 Å². The minimum atomic E-state index is -0.531. The van der Waals surface area contributed by atoms with Gasteiger partial charge >= 0.3 is 5.97 Å². The molecule has 2 aromatic carbocycles. The molecule has 0 saturated heterocycles. The number of ether oxygens (including phenoxy) is 3. The number of benzene rings is 2. The van der Waals surface area contributed by atoms with E-state index in [-0.39, 0.29) is 31.3 Å². The minimum absolute atomic E-state index is 0.0369. The van der Waals surface area contributed by atoms with E-state index in [9.17, 15) is 4.79 Å². The highest BCUT2D eigenvalue weighted by atomic mass is 79.9. The highest BCUT2D eigenvalue weighted by Gasteiger charge is 2.21. The summed E-state index contributed by atoms with van der Waals surface area (Å²) in [5.74, 6) is 0.383. The van der Waals surface area contributed by atoms with Gasteiger partial charge in [-0.1, -0.05) is 22.9 Å². The average molecular weight is 449 g/mol. The predicted octanol–water partition coefficient (Wildman–Crippen LogP) is 3.28. The van der Waals surface area contributed by atoms with Crippen LogP contribution >= 0.6 is 15.9 Å². The highest BCUT2D eigenvalue weighted by molar-refractivity contribution is 9.10. The number of aliphatic hydroxyl groups is 1. The Kier molecular flexibility index (Phi) is 8.11. The zero-order valence-corrected chi connectivity index (χ0v) is 17.2. The van der Waals surface area contributed by atoms with Crippen molar-refractivity contribution < 1.29 is 24.1 Å². The van der Waals surface area contributed by atoms with Gasteiger partial charge in [0.2, 0.25) is 5.75 Å². The van der Waals surface area contributed by atoms with Crippen LogP contribution in [0.1, 0.15) is 18.1 Å². The van der Waals surface area contributed by atoms with Crippen molar-refractivity contribution >= 4 is 27.6 Å². The fraction of sp³-hybridized carbons (Fsp3) is 0.300. The Morgan fingerprint density at radius 3 is 2.57 bits per heavy atom. The molecule has 0 aliphatic rings. The van der Waals surface area contributed by atoms with Gasteiger partial charge in [-0.15, -0.1) is 0 Å². The van der Waals surface area contributed by atoms with Gasteiger partial charge in [-0.2, -0.15) is 5.26 Å². The summed E-state index contributed by atoms with van der Waals surface area (Å²) >= 11 is 3.46. The monoisotopic (exact) mass is 448 g/mol. The molecular formula is C20H21BrN2O5. The molecule has 0 amide bonds. The molecule has 0 spiro atoms. The number of nitriles is 1. The summed E-state index contributed by atoms with van der Waals surface area (Å²) in [6.07, 6.45) is 0.674. The largest absolute Gasteiger partial charge is 0.492 e. The van der Waals surface area contributed by atoms with Crippen molar-refractivity contribution in [3.8, 4) is 23.3 Å². The fourth-order valence-corrected chi connectivity index (χ4v) is 3.19. The third kappa shape index (κ3) is 5.38. The molecule has 0 atom stereocenters. The molecule has 7 nitrogen and oxygen atoms in total. The molecule has 148 valence electrons. The van der Waals surface area contributed by atoms with Crippen LogP contribution in [0, 0.1) is 11.3 Å². The van der Waals surface area contributed by atoms with E-state index in [1.165, 1.54) is 7.11 Å². The second kappa shape index (κ2) is 10.5. The second-order valence-electron chi connectivity index (χ2n) is 5.64. The maximum Gasteiger partial charge on any atom is 0.330 e. The Hall–Kier alpha value is -2.76. The lowest BCUT2D eigenvalue weighted by atomic mass is 10.1. The van der Waals surface area contributed by atoms with Crippen molar-refractivity contribution in [1.82, 2.24) is 0 Å². The van der Waals surface area contributed by atoms with Crippen LogP contribution in [0.4, 0.5) is 5.69 Å². The molecule has 8 heteroatoms. The van der Waals surface area contributed by atoms with Gasteiger partial charge in [0.05, 0.1) is 25.3 Å². The molecular weight excluding hydrogens is 428 g/mol. The van der Waals surface area contributed by atoms with E-state index in [4.69, 9.17) is 24.6 Å². The number of methoxy groups -OCH3 is 1. The van der Waals surface area contributed by atoms with Gasteiger partial charge in [0, 0.05) is 15.7 Å². The van der Waals surface area contributed by atoms with Crippen molar-refractivity contribution in [2.24, 2.45) is 0 Å². The molecule has 0 aliphatic carbocycles. The highest BCUT2D eigenvalue weighted by Crippen LogP contribution is 2.44. The zero-order valence-electron chi connectivity index (χ0n) is 15.6. The number of nitrogens with one attached hydrogen (secondary N) is 1. The van der Waals surface area contributed by atoms with Crippen LogP contribution in [0.2, 0.25) is 0 Å². The van der Waals surface area contributed by atoms with Crippen molar-refractivity contribution in [2.45, 2.75) is 13.3 Å². The summed E-state index contributed by atoms with van der Waals surface area (Å²) in [6, 6.07) is 10.4. The van der Waals surface area contributed by atoms with Gasteiger partial charge in [-0.3, -0.25) is 0 Å². The first kappa shape index (κ1) is 21.5. The molecule has 0 saturated carbocycles. The van der Waals surface area contributed by atoms with Gasteiger partial charge < -0.3 is 24.6 Å². The van der Waals surface area contributed by atoms with Crippen molar-refractivity contribution in [3.63, 3.8) is 0 Å². The van der Waals surface area contributed by atoms with E-state index in [2.05, 4.69) is 21.2 Å². The normalized spacial score (nSPS) is 10.1. The molecule has 0 bridgehead atoms. The van der Waals surface area contributed by atoms with Crippen LogP contribution in [-0.4, -0.2) is 37.9 Å². The number of aliphatic hydroxyl groups excluding tert-OH is 1. The molecule has 2 N–H and O–H groups in total. The van der Waals surface area contributed by atoms with Crippen LogP contribution in [0.25, 0.3) is 0 Å². The molecule has 0 unspecified atom stereocenters. The van der Waals surface area contributed by atoms with Gasteiger partial charge in [0.25, 0.3) is 0 Å². The Bertz CT molecular complexity index is 862. The first-order valence-electron chi connectivity index (χ1n) is 8.61. The second-order valence-corrected chi connectivity index (χ2v) is 6.49. The predicted molar refractivity (Wildman–Crippen MR) is 108 cm³/mol. The first-order chi connectivity index (χ1) is 13.5. The quantitative estimate of drug-likeness (QED) is 0.448. The van der Waals surface area contributed by atoms with E-state index >= 15 is 0 Å². The summed E-state index contributed by atoms with van der Waals surface area (Å²) in [7, 11) is 1.50. The number of hydrogen-bond donors (Lipinski definition) is 2. The number of anilines is 1. The van der Waals surface area contributed by atoms with Gasteiger partial charge in [-0.05, 0) is 36.8 Å². The average Bonchev–Trinajstić information content (AvgIpc) is 2.71. The lowest BCUT2D eigenvalue weighted by Crippen LogP contribution is -2.20. The molecule has 2 rings (SSSR count). The smallest absolute Gasteiger partial charge is 0.330 e. The number of carbonyl (C=O) groups excluding carboxylic acids is 1. The van der Waals surface area contributed by atoms with E-state index < -0.39 is 5.97 Å². The van der Waals surface area contributed by atoms with Crippen LogP contribution in [-0.2, 0) is 11.2 Å². The molecule has 28 heavy (non-hydrogen) atoms. The van der Waals surface area contributed by atoms with E-state index in [0.29, 0.717) is 23.4 Å². The van der Waals surface area contributed by atoms with Crippen LogP contribution in [0.5, 0.6) is 17.2 Å². The third-order valence-corrected chi connectivity index (χ3v) is 4.53. The topological polar surface area (TPSA) is 101 Å². The maximum absolute atomic E-state index is 12.3.